The van der Waals surface area contributed by atoms with Crippen molar-refractivity contribution in [3.8, 4) is 0 Å². The van der Waals surface area contributed by atoms with Crippen molar-refractivity contribution in [1.82, 2.24) is 4.57 Å². The molecule has 84 valence electrons. The Labute approximate surface area is 99.5 Å². The minimum absolute atomic E-state index is 0.0572. The molecule has 3 rings (SSSR count). The second-order valence-corrected chi connectivity index (χ2v) is 4.39. The van der Waals surface area contributed by atoms with Gasteiger partial charge in [-0.2, -0.15) is 0 Å². The van der Waals surface area contributed by atoms with E-state index in [9.17, 15) is 4.79 Å². The molecule has 0 atom stereocenters. The molecule has 1 aromatic heterocycles. The fourth-order valence-electron chi connectivity index (χ4n) is 2.42. The van der Waals surface area contributed by atoms with Crippen LogP contribution in [0.1, 0.15) is 17.3 Å². The van der Waals surface area contributed by atoms with Crippen molar-refractivity contribution in [3.63, 3.8) is 0 Å². The predicted octanol–water partition coefficient (Wildman–Crippen LogP) is 3.76. The van der Waals surface area contributed by atoms with Gasteiger partial charge in [-0.15, -0.1) is 0 Å². The van der Waals surface area contributed by atoms with Crippen LogP contribution in [0.15, 0.2) is 42.5 Å². The summed E-state index contributed by atoms with van der Waals surface area (Å²) >= 11 is 0. The second kappa shape index (κ2) is 3.45. The van der Waals surface area contributed by atoms with Crippen molar-refractivity contribution >= 4 is 27.7 Å². The van der Waals surface area contributed by atoms with E-state index in [0.29, 0.717) is 0 Å². The van der Waals surface area contributed by atoms with Crippen molar-refractivity contribution in [1.29, 1.82) is 0 Å². The lowest BCUT2D eigenvalue weighted by molar-refractivity contribution is 0.0946. The molecule has 0 spiro atoms. The number of fused-ring (bicyclic) bond motifs is 3. The van der Waals surface area contributed by atoms with Gasteiger partial charge in [0.15, 0.2) is 0 Å². The largest absolute Gasteiger partial charge is 0.280 e. The quantitative estimate of drug-likeness (QED) is 0.568. The minimum Gasteiger partial charge on any atom is -0.280 e. The summed E-state index contributed by atoms with van der Waals surface area (Å²) in [6.07, 6.45) is 0. The molecule has 0 unspecified atom stereocenters. The molecule has 0 aliphatic heterocycles. The fourth-order valence-corrected chi connectivity index (χ4v) is 2.42. The van der Waals surface area contributed by atoms with E-state index in [1.165, 1.54) is 5.56 Å². The van der Waals surface area contributed by atoms with Crippen molar-refractivity contribution in [2.75, 3.05) is 0 Å². The van der Waals surface area contributed by atoms with Gasteiger partial charge >= 0.3 is 0 Å². The van der Waals surface area contributed by atoms with Crippen LogP contribution in [0.4, 0.5) is 0 Å². The molecule has 0 bridgehead atoms. The zero-order valence-corrected chi connectivity index (χ0v) is 9.90. The Morgan fingerprint density at radius 3 is 2.47 bits per heavy atom. The lowest BCUT2D eigenvalue weighted by Crippen LogP contribution is -2.04. The molecule has 3 aromatic rings. The van der Waals surface area contributed by atoms with E-state index in [-0.39, 0.29) is 5.91 Å². The van der Waals surface area contributed by atoms with Gasteiger partial charge in [-0.05, 0) is 24.6 Å². The van der Waals surface area contributed by atoms with Crippen LogP contribution in [-0.4, -0.2) is 10.5 Å². The molecule has 0 N–H and O–H groups in total. The molecule has 0 amide bonds. The molecule has 0 aliphatic rings. The number of hydrogen-bond donors (Lipinski definition) is 0. The number of hydrogen-bond acceptors (Lipinski definition) is 1. The molecule has 0 saturated carbocycles. The number of carbonyl (C=O) groups is 1. The summed E-state index contributed by atoms with van der Waals surface area (Å²) in [5.74, 6) is 0.0572. The normalized spacial score (nSPS) is 11.2. The Morgan fingerprint density at radius 2 is 1.71 bits per heavy atom. The summed E-state index contributed by atoms with van der Waals surface area (Å²) in [5.41, 5.74) is 3.15. The van der Waals surface area contributed by atoms with Gasteiger partial charge in [-0.25, -0.2) is 0 Å². The number of benzene rings is 2. The van der Waals surface area contributed by atoms with Crippen LogP contribution in [0.5, 0.6) is 0 Å². The van der Waals surface area contributed by atoms with Gasteiger partial charge in [0.2, 0.25) is 5.91 Å². The molecular weight excluding hydrogens is 210 g/mol. The molecule has 0 aliphatic carbocycles. The molecule has 2 aromatic carbocycles. The average Bonchev–Trinajstić information content (AvgIpc) is 2.62. The van der Waals surface area contributed by atoms with Gasteiger partial charge in [-0.1, -0.05) is 30.3 Å². The fraction of sp³-hybridized carbons (Fsp3) is 0.133. The first-order valence-electron chi connectivity index (χ1n) is 5.69. The molecule has 0 saturated heterocycles. The first-order chi connectivity index (χ1) is 8.18. The predicted molar refractivity (Wildman–Crippen MR) is 70.5 cm³/mol. The Kier molecular flexibility index (Phi) is 2.05. The SMILES string of the molecule is CC(=O)n1c2ccccc2c2ccc(C)cc21. The minimum atomic E-state index is 0.0572. The molecular formula is C15H13NO. The number of carbonyl (C=O) groups excluding carboxylic acids is 1. The Balaban J connectivity index is 2.62. The smallest absolute Gasteiger partial charge is 0.228 e. The molecule has 17 heavy (non-hydrogen) atoms. The number of aryl methyl sites for hydroxylation is 1. The van der Waals surface area contributed by atoms with Crippen LogP contribution < -0.4 is 0 Å². The van der Waals surface area contributed by atoms with Crippen LogP contribution in [0.25, 0.3) is 21.8 Å². The van der Waals surface area contributed by atoms with Gasteiger partial charge in [-0.3, -0.25) is 9.36 Å². The second-order valence-electron chi connectivity index (χ2n) is 4.39. The number of nitrogens with zero attached hydrogens (tertiary/aromatic N) is 1. The van der Waals surface area contributed by atoms with Crippen molar-refractivity contribution in [2.24, 2.45) is 0 Å². The summed E-state index contributed by atoms with van der Waals surface area (Å²) in [5, 5.41) is 2.28. The zero-order chi connectivity index (χ0) is 12.0. The summed E-state index contributed by atoms with van der Waals surface area (Å²) in [6.45, 7) is 3.65. The van der Waals surface area contributed by atoms with Gasteiger partial charge in [0.05, 0.1) is 11.0 Å². The van der Waals surface area contributed by atoms with E-state index in [4.69, 9.17) is 0 Å². The highest BCUT2D eigenvalue weighted by Crippen LogP contribution is 2.29. The highest BCUT2D eigenvalue weighted by atomic mass is 16.1. The third-order valence-corrected chi connectivity index (χ3v) is 3.14. The third kappa shape index (κ3) is 1.37. The molecule has 1 heterocycles. The Morgan fingerprint density at radius 1 is 1.00 bits per heavy atom. The number of para-hydroxylation sites is 1. The Hall–Kier alpha value is -2.09. The Bertz CT molecular complexity index is 737. The molecule has 2 heteroatoms. The summed E-state index contributed by atoms with van der Waals surface area (Å²) in [6, 6.07) is 14.3. The van der Waals surface area contributed by atoms with Crippen LogP contribution in [0, 0.1) is 6.92 Å². The van der Waals surface area contributed by atoms with E-state index in [0.717, 1.165) is 21.8 Å². The van der Waals surface area contributed by atoms with E-state index in [1.807, 2.05) is 25.1 Å². The van der Waals surface area contributed by atoms with Crippen molar-refractivity contribution in [3.05, 3.63) is 48.0 Å². The maximum absolute atomic E-state index is 11.8. The van der Waals surface area contributed by atoms with E-state index >= 15 is 0 Å². The van der Waals surface area contributed by atoms with Crippen LogP contribution >= 0.6 is 0 Å². The average molecular weight is 223 g/mol. The maximum atomic E-state index is 11.8. The van der Waals surface area contributed by atoms with E-state index in [2.05, 4.69) is 24.3 Å². The van der Waals surface area contributed by atoms with E-state index < -0.39 is 0 Å². The molecule has 2 nitrogen and oxygen atoms in total. The summed E-state index contributed by atoms with van der Waals surface area (Å²) in [4.78, 5) is 11.8. The number of aromatic nitrogens is 1. The highest BCUT2D eigenvalue weighted by Gasteiger charge is 2.12. The zero-order valence-electron chi connectivity index (χ0n) is 9.90. The van der Waals surface area contributed by atoms with Crippen LogP contribution in [-0.2, 0) is 0 Å². The van der Waals surface area contributed by atoms with E-state index in [1.54, 1.807) is 11.5 Å². The highest BCUT2D eigenvalue weighted by molar-refractivity contribution is 6.13. The third-order valence-electron chi connectivity index (χ3n) is 3.14. The van der Waals surface area contributed by atoms with Gasteiger partial charge < -0.3 is 0 Å². The van der Waals surface area contributed by atoms with Crippen LogP contribution in [0.3, 0.4) is 0 Å². The summed E-state index contributed by atoms with van der Waals surface area (Å²) in [7, 11) is 0. The summed E-state index contributed by atoms with van der Waals surface area (Å²) < 4.78 is 1.79. The van der Waals surface area contributed by atoms with Crippen molar-refractivity contribution in [2.45, 2.75) is 13.8 Å². The van der Waals surface area contributed by atoms with Crippen LogP contribution in [0.2, 0.25) is 0 Å². The molecule has 0 radical (unpaired) electrons. The maximum Gasteiger partial charge on any atom is 0.228 e. The lowest BCUT2D eigenvalue weighted by atomic mass is 10.1. The topological polar surface area (TPSA) is 22.0 Å². The van der Waals surface area contributed by atoms with Gasteiger partial charge in [0.1, 0.15) is 0 Å². The van der Waals surface area contributed by atoms with Gasteiger partial charge in [0.25, 0.3) is 0 Å². The standard InChI is InChI=1S/C15H13NO/c1-10-7-8-13-12-5-3-4-6-14(12)16(11(2)17)15(13)9-10/h3-9H,1-2H3. The van der Waals surface area contributed by atoms with Gasteiger partial charge in [0, 0.05) is 17.7 Å². The molecule has 0 fully saturated rings. The monoisotopic (exact) mass is 223 g/mol. The first-order valence-corrected chi connectivity index (χ1v) is 5.69. The van der Waals surface area contributed by atoms with Crippen molar-refractivity contribution < 1.29 is 4.79 Å². The number of rotatable bonds is 0. The lowest BCUT2D eigenvalue weighted by Gasteiger charge is -2.01. The first kappa shape index (κ1) is 10.1.